The van der Waals surface area contributed by atoms with Gasteiger partial charge >= 0.3 is 6.09 Å². The number of aliphatic hydroxyl groups is 1. The zero-order chi connectivity index (χ0) is 24.1. The van der Waals surface area contributed by atoms with Gasteiger partial charge in [-0.3, -0.25) is 9.59 Å². The van der Waals surface area contributed by atoms with Crippen molar-refractivity contribution in [2.75, 3.05) is 20.3 Å². The third-order valence-electron chi connectivity index (χ3n) is 5.38. The number of carboxylic acid groups (broad SMARTS) is 1. The maximum Gasteiger partial charge on any atom is 0.405 e. The number of benzene rings is 1. The number of hydrogen-bond acceptors (Lipinski definition) is 5. The molecule has 1 aromatic carbocycles. The Labute approximate surface area is 188 Å². The van der Waals surface area contributed by atoms with Crippen molar-refractivity contribution in [2.45, 2.75) is 51.4 Å². The van der Waals surface area contributed by atoms with E-state index in [2.05, 4.69) is 16.6 Å². The van der Waals surface area contributed by atoms with Gasteiger partial charge in [-0.05, 0) is 23.1 Å². The van der Waals surface area contributed by atoms with E-state index in [-0.39, 0.29) is 19.6 Å². The van der Waals surface area contributed by atoms with Gasteiger partial charge in [-0.1, -0.05) is 38.8 Å². The Kier molecular flexibility index (Phi) is 8.25. The number of methoxy groups -OCH3 is 1. The van der Waals surface area contributed by atoms with Crippen molar-refractivity contribution in [1.29, 1.82) is 0 Å². The van der Waals surface area contributed by atoms with Crippen LogP contribution in [0.3, 0.4) is 0 Å². The molecule has 0 aliphatic carbocycles. The number of aliphatic hydroxyl groups excluding tert-OH is 1. The summed E-state index contributed by atoms with van der Waals surface area (Å²) >= 11 is 0. The molecule has 2 rings (SSSR count). The fourth-order valence-corrected chi connectivity index (χ4v) is 3.71. The number of nitrogens with zero attached hydrogens (tertiary/aromatic N) is 1. The highest BCUT2D eigenvalue weighted by molar-refractivity contribution is 5.92. The number of nitrogens with one attached hydrogen (secondary N) is 2. The van der Waals surface area contributed by atoms with Gasteiger partial charge in [-0.2, -0.15) is 0 Å². The summed E-state index contributed by atoms with van der Waals surface area (Å²) in [5, 5.41) is 24.5. The molecule has 1 heterocycles. The standard InChI is InChI=1S/C23H31N3O6/c1-6-14-7-9-15(10-8-14)17(13-32-5)24-20(28)18-11-16(27)12-26(18)21(29)19(23(2,3)4)25-22(30)31/h1,7-10,16-19,25,27H,11-13H2,2-5H3,(H,24,28)(H,30,31)/t16-,17+,18+,19-/m1/s1. The molecular formula is C23H31N3O6. The van der Waals surface area contributed by atoms with Gasteiger partial charge < -0.3 is 30.5 Å². The Morgan fingerprint density at radius 3 is 2.38 bits per heavy atom. The van der Waals surface area contributed by atoms with Crippen molar-refractivity contribution < 1.29 is 29.3 Å². The lowest BCUT2D eigenvalue weighted by Crippen LogP contribution is -2.57. The molecule has 0 spiro atoms. The Bertz CT molecular complexity index is 871. The van der Waals surface area contributed by atoms with Crippen LogP contribution in [0.5, 0.6) is 0 Å². The number of likely N-dealkylation sites (tertiary alicyclic amines) is 1. The predicted octanol–water partition coefficient (Wildman–Crippen LogP) is 1.12. The second kappa shape index (κ2) is 10.5. The summed E-state index contributed by atoms with van der Waals surface area (Å²) < 4.78 is 5.24. The molecule has 9 heteroatoms. The zero-order valence-corrected chi connectivity index (χ0v) is 18.8. The molecule has 3 amide bonds. The number of rotatable bonds is 7. The predicted molar refractivity (Wildman–Crippen MR) is 118 cm³/mol. The van der Waals surface area contributed by atoms with Gasteiger partial charge in [0, 0.05) is 25.6 Å². The lowest BCUT2D eigenvalue weighted by Gasteiger charge is -2.35. The first kappa shape index (κ1) is 25.2. The highest BCUT2D eigenvalue weighted by Gasteiger charge is 2.44. The van der Waals surface area contributed by atoms with Crippen LogP contribution in [-0.4, -0.2) is 71.5 Å². The molecular weight excluding hydrogens is 414 g/mol. The summed E-state index contributed by atoms with van der Waals surface area (Å²) in [6.45, 7) is 5.30. The summed E-state index contributed by atoms with van der Waals surface area (Å²) in [6.07, 6.45) is 3.21. The first-order valence-corrected chi connectivity index (χ1v) is 10.3. The first-order valence-electron chi connectivity index (χ1n) is 10.3. The van der Waals surface area contributed by atoms with E-state index in [1.165, 1.54) is 12.0 Å². The van der Waals surface area contributed by atoms with Gasteiger partial charge in [-0.15, -0.1) is 6.42 Å². The average Bonchev–Trinajstić information content (AvgIpc) is 3.12. The normalized spacial score (nSPS) is 20.2. The molecule has 4 atom stereocenters. The highest BCUT2D eigenvalue weighted by atomic mass is 16.5. The van der Waals surface area contributed by atoms with Crippen molar-refractivity contribution in [2.24, 2.45) is 5.41 Å². The van der Waals surface area contributed by atoms with Crippen molar-refractivity contribution in [3.05, 3.63) is 35.4 Å². The van der Waals surface area contributed by atoms with Crippen LogP contribution in [0.4, 0.5) is 4.79 Å². The monoisotopic (exact) mass is 445 g/mol. The Hall–Kier alpha value is -3.09. The van der Waals surface area contributed by atoms with Crippen LogP contribution in [0.2, 0.25) is 0 Å². The molecule has 1 saturated heterocycles. The molecule has 32 heavy (non-hydrogen) atoms. The van der Waals surface area contributed by atoms with Gasteiger partial charge in [0.25, 0.3) is 0 Å². The number of carbonyl (C=O) groups is 3. The number of carbonyl (C=O) groups excluding carboxylic acids is 2. The number of β-amino-alcohol motifs (C(OH)–C–C–N with tert-alkyl or cyclic N) is 1. The minimum Gasteiger partial charge on any atom is -0.465 e. The van der Waals surface area contributed by atoms with Crippen LogP contribution in [-0.2, 0) is 14.3 Å². The Morgan fingerprint density at radius 1 is 1.25 bits per heavy atom. The minimum absolute atomic E-state index is 0.0528. The zero-order valence-electron chi connectivity index (χ0n) is 18.8. The molecule has 0 saturated carbocycles. The third-order valence-corrected chi connectivity index (χ3v) is 5.38. The average molecular weight is 446 g/mol. The van der Waals surface area contributed by atoms with Crippen LogP contribution in [0.1, 0.15) is 44.4 Å². The molecule has 0 aromatic heterocycles. The molecule has 1 fully saturated rings. The van der Waals surface area contributed by atoms with Crippen LogP contribution < -0.4 is 10.6 Å². The van der Waals surface area contributed by atoms with Crippen molar-refractivity contribution in [3.8, 4) is 12.3 Å². The van der Waals surface area contributed by atoms with Gasteiger partial charge in [0.2, 0.25) is 11.8 Å². The maximum absolute atomic E-state index is 13.2. The summed E-state index contributed by atoms with van der Waals surface area (Å²) in [4.78, 5) is 38.8. The second-order valence-electron chi connectivity index (χ2n) is 8.93. The summed E-state index contributed by atoms with van der Waals surface area (Å²) in [6, 6.07) is 4.57. The Morgan fingerprint density at radius 2 is 1.88 bits per heavy atom. The quantitative estimate of drug-likeness (QED) is 0.466. The molecule has 174 valence electrons. The van der Waals surface area contributed by atoms with Gasteiger partial charge in [-0.25, -0.2) is 4.79 Å². The number of amides is 3. The SMILES string of the molecule is C#Cc1ccc([C@H](COC)NC(=O)[C@@H]2C[C@@H](O)CN2C(=O)[C@@H](NC(=O)O)C(C)(C)C)cc1. The molecule has 1 aliphatic rings. The van der Waals surface area contributed by atoms with E-state index in [4.69, 9.17) is 11.2 Å². The summed E-state index contributed by atoms with van der Waals surface area (Å²) in [7, 11) is 1.51. The van der Waals surface area contributed by atoms with Gasteiger partial charge in [0.1, 0.15) is 12.1 Å². The van der Waals surface area contributed by atoms with Crippen LogP contribution in [0, 0.1) is 17.8 Å². The molecule has 0 radical (unpaired) electrons. The van der Waals surface area contributed by atoms with Crippen molar-refractivity contribution in [3.63, 3.8) is 0 Å². The number of ether oxygens (including phenoxy) is 1. The second-order valence-corrected chi connectivity index (χ2v) is 8.93. The van der Waals surface area contributed by atoms with E-state index in [0.717, 1.165) is 5.56 Å². The van der Waals surface area contributed by atoms with Crippen LogP contribution >= 0.6 is 0 Å². The molecule has 1 aromatic rings. The van der Waals surface area contributed by atoms with Crippen molar-refractivity contribution in [1.82, 2.24) is 15.5 Å². The topological polar surface area (TPSA) is 128 Å². The molecule has 9 nitrogen and oxygen atoms in total. The van der Waals surface area contributed by atoms with E-state index < -0.39 is 47.6 Å². The largest absolute Gasteiger partial charge is 0.465 e. The maximum atomic E-state index is 13.2. The lowest BCUT2D eigenvalue weighted by molar-refractivity contribution is -0.142. The third kappa shape index (κ3) is 6.22. The van der Waals surface area contributed by atoms with Crippen LogP contribution in [0.15, 0.2) is 24.3 Å². The van der Waals surface area contributed by atoms with Gasteiger partial charge in [0.15, 0.2) is 0 Å². The van der Waals surface area contributed by atoms with Gasteiger partial charge in [0.05, 0.1) is 18.8 Å². The van der Waals surface area contributed by atoms with E-state index in [9.17, 15) is 24.6 Å². The molecule has 0 unspecified atom stereocenters. The number of terminal acetylenes is 1. The van der Waals surface area contributed by atoms with Crippen LogP contribution in [0.25, 0.3) is 0 Å². The molecule has 0 bridgehead atoms. The van der Waals surface area contributed by atoms with E-state index in [1.807, 2.05) is 0 Å². The molecule has 4 N–H and O–H groups in total. The summed E-state index contributed by atoms with van der Waals surface area (Å²) in [5.41, 5.74) is 0.739. The van der Waals surface area contributed by atoms with E-state index in [0.29, 0.717) is 5.56 Å². The first-order chi connectivity index (χ1) is 15.0. The van der Waals surface area contributed by atoms with Crippen molar-refractivity contribution >= 4 is 17.9 Å². The lowest BCUT2D eigenvalue weighted by atomic mass is 9.85. The van der Waals surface area contributed by atoms with E-state index in [1.54, 1.807) is 45.0 Å². The summed E-state index contributed by atoms with van der Waals surface area (Å²) in [5.74, 6) is 1.52. The minimum atomic E-state index is -1.34. The molecule has 1 aliphatic heterocycles. The number of hydrogen-bond donors (Lipinski definition) is 4. The smallest absolute Gasteiger partial charge is 0.405 e. The fourth-order valence-electron chi connectivity index (χ4n) is 3.71. The highest BCUT2D eigenvalue weighted by Crippen LogP contribution is 2.27. The Balaban J connectivity index is 2.24. The fraction of sp³-hybridized carbons (Fsp3) is 0.522. The van der Waals surface area contributed by atoms with E-state index >= 15 is 0 Å².